The van der Waals surface area contributed by atoms with Crippen LogP contribution >= 0.6 is 0 Å². The fourth-order valence-electron chi connectivity index (χ4n) is 4.37. The Balaban J connectivity index is 1.28. The number of carbonyl (C=O) groups is 2. The van der Waals surface area contributed by atoms with Gasteiger partial charge in [-0.15, -0.1) is 0 Å². The van der Waals surface area contributed by atoms with Crippen LogP contribution in [0.4, 0.5) is 0 Å². The third-order valence-corrected chi connectivity index (χ3v) is 5.78. The molecule has 4 rings (SSSR count). The van der Waals surface area contributed by atoms with Crippen LogP contribution in [0.15, 0.2) is 10.5 Å². The average Bonchev–Trinajstić information content (AvgIpc) is 3.05. The van der Waals surface area contributed by atoms with Gasteiger partial charge in [0.05, 0.1) is 12.7 Å². The Morgan fingerprint density at radius 2 is 2.00 bits per heavy atom. The van der Waals surface area contributed by atoms with Gasteiger partial charge in [-0.2, -0.15) is 0 Å². The van der Waals surface area contributed by atoms with E-state index in [4.69, 9.17) is 9.15 Å². The Bertz CT molecular complexity index is 673. The summed E-state index contributed by atoms with van der Waals surface area (Å²) in [6.45, 7) is 5.81. The number of nitrogens with one attached hydrogen (secondary N) is 1. The second-order valence-electron chi connectivity index (χ2n) is 7.78. The second kappa shape index (κ2) is 6.48. The third kappa shape index (κ3) is 3.45. The van der Waals surface area contributed by atoms with Gasteiger partial charge >= 0.3 is 0 Å². The molecule has 1 aromatic rings. The first-order valence-corrected chi connectivity index (χ1v) is 9.27. The summed E-state index contributed by atoms with van der Waals surface area (Å²) >= 11 is 0. The molecule has 2 amide bonds. The molecule has 3 aliphatic rings. The van der Waals surface area contributed by atoms with Gasteiger partial charge in [-0.1, -0.05) is 0 Å². The molecule has 1 aromatic heterocycles. The van der Waals surface area contributed by atoms with E-state index in [9.17, 15) is 9.59 Å². The molecule has 3 unspecified atom stereocenters. The third-order valence-electron chi connectivity index (χ3n) is 5.78. The maximum Gasteiger partial charge on any atom is 0.287 e. The SMILES string of the molecule is Cc1cc(C)c(C(=O)NCC2CN(C(=O)C3CC4CC4C3)CCO2)o1. The molecule has 1 aliphatic heterocycles. The van der Waals surface area contributed by atoms with Crippen molar-refractivity contribution in [2.24, 2.45) is 17.8 Å². The smallest absolute Gasteiger partial charge is 0.287 e. The highest BCUT2D eigenvalue weighted by Gasteiger charge is 2.49. The van der Waals surface area contributed by atoms with E-state index >= 15 is 0 Å². The van der Waals surface area contributed by atoms with Crippen LogP contribution in [-0.4, -0.2) is 49.1 Å². The number of ether oxygens (including phenoxy) is 1. The fraction of sp³-hybridized carbons (Fsp3) is 0.684. The van der Waals surface area contributed by atoms with Crippen LogP contribution in [0.1, 0.15) is 41.1 Å². The van der Waals surface area contributed by atoms with Crippen molar-refractivity contribution in [1.82, 2.24) is 10.2 Å². The van der Waals surface area contributed by atoms with Gasteiger partial charge < -0.3 is 19.4 Å². The molecule has 3 atom stereocenters. The molecule has 136 valence electrons. The van der Waals surface area contributed by atoms with Gasteiger partial charge in [0.2, 0.25) is 5.91 Å². The lowest BCUT2D eigenvalue weighted by Crippen LogP contribution is -2.51. The summed E-state index contributed by atoms with van der Waals surface area (Å²) in [6, 6.07) is 1.85. The maximum atomic E-state index is 12.7. The Hall–Kier alpha value is -1.82. The zero-order valence-electron chi connectivity index (χ0n) is 14.9. The van der Waals surface area contributed by atoms with Crippen molar-refractivity contribution >= 4 is 11.8 Å². The van der Waals surface area contributed by atoms with E-state index < -0.39 is 0 Å². The molecule has 6 nitrogen and oxygen atoms in total. The number of rotatable bonds is 4. The molecule has 0 bridgehead atoms. The Morgan fingerprint density at radius 1 is 1.24 bits per heavy atom. The van der Waals surface area contributed by atoms with Crippen LogP contribution in [0.3, 0.4) is 0 Å². The molecular weight excluding hydrogens is 320 g/mol. The molecule has 1 N–H and O–H groups in total. The number of furan rings is 1. The lowest BCUT2D eigenvalue weighted by Gasteiger charge is -2.34. The second-order valence-corrected chi connectivity index (χ2v) is 7.78. The van der Waals surface area contributed by atoms with E-state index in [0.29, 0.717) is 32.0 Å². The summed E-state index contributed by atoms with van der Waals surface area (Å²) in [7, 11) is 0. The predicted octanol–water partition coefficient (Wildman–Crippen LogP) is 1.90. The van der Waals surface area contributed by atoms with Crippen molar-refractivity contribution < 1.29 is 18.7 Å². The quantitative estimate of drug-likeness (QED) is 0.904. The maximum absolute atomic E-state index is 12.7. The van der Waals surface area contributed by atoms with E-state index in [-0.39, 0.29) is 23.8 Å². The van der Waals surface area contributed by atoms with Crippen LogP contribution in [0.5, 0.6) is 0 Å². The first-order chi connectivity index (χ1) is 12.0. The van der Waals surface area contributed by atoms with Gasteiger partial charge in [-0.25, -0.2) is 0 Å². The van der Waals surface area contributed by atoms with Gasteiger partial charge in [0.25, 0.3) is 5.91 Å². The number of amides is 2. The Kier molecular flexibility index (Phi) is 4.31. The standard InChI is InChI=1S/C19H26N2O4/c1-11-5-12(2)25-17(11)18(22)20-9-16-10-21(3-4-24-16)19(23)15-7-13-6-14(13)8-15/h5,13-16H,3-4,6-10H2,1-2H3,(H,20,22). The fourth-order valence-corrected chi connectivity index (χ4v) is 4.37. The lowest BCUT2D eigenvalue weighted by atomic mass is 10.0. The molecule has 1 saturated heterocycles. The van der Waals surface area contributed by atoms with Gasteiger partial charge in [-0.3, -0.25) is 9.59 Å². The van der Waals surface area contributed by atoms with Crippen molar-refractivity contribution in [2.45, 2.75) is 39.2 Å². The van der Waals surface area contributed by atoms with Gasteiger partial charge in [-0.05, 0) is 51.0 Å². The van der Waals surface area contributed by atoms with Crippen molar-refractivity contribution in [1.29, 1.82) is 0 Å². The number of nitrogens with zero attached hydrogens (tertiary/aromatic N) is 1. The summed E-state index contributed by atoms with van der Waals surface area (Å²) in [5, 5.41) is 2.87. The first kappa shape index (κ1) is 16.6. The zero-order chi connectivity index (χ0) is 17.6. The Morgan fingerprint density at radius 3 is 2.68 bits per heavy atom. The molecule has 3 fully saturated rings. The predicted molar refractivity (Wildman–Crippen MR) is 91.2 cm³/mol. The summed E-state index contributed by atoms with van der Waals surface area (Å²) in [6.07, 6.45) is 3.31. The number of fused-ring (bicyclic) bond motifs is 1. The topological polar surface area (TPSA) is 71.8 Å². The lowest BCUT2D eigenvalue weighted by molar-refractivity contribution is -0.143. The highest BCUT2D eigenvalue weighted by Crippen LogP contribution is 2.54. The van der Waals surface area contributed by atoms with E-state index in [1.807, 2.05) is 24.8 Å². The number of hydrogen-bond donors (Lipinski definition) is 1. The number of aryl methyl sites for hydroxylation is 2. The summed E-state index contributed by atoms with van der Waals surface area (Å²) in [5.74, 6) is 2.97. The number of hydrogen-bond acceptors (Lipinski definition) is 4. The van der Waals surface area contributed by atoms with Crippen LogP contribution in [0, 0.1) is 31.6 Å². The minimum Gasteiger partial charge on any atom is -0.456 e. The highest BCUT2D eigenvalue weighted by atomic mass is 16.5. The van der Waals surface area contributed by atoms with Gasteiger partial charge in [0, 0.05) is 31.1 Å². The number of morpholine rings is 1. The molecule has 0 spiro atoms. The van der Waals surface area contributed by atoms with E-state index in [1.165, 1.54) is 6.42 Å². The van der Waals surface area contributed by atoms with E-state index in [2.05, 4.69) is 5.32 Å². The average molecular weight is 346 g/mol. The molecular formula is C19H26N2O4. The van der Waals surface area contributed by atoms with Gasteiger partial charge in [0.15, 0.2) is 5.76 Å². The minimum absolute atomic E-state index is 0.158. The van der Waals surface area contributed by atoms with Crippen LogP contribution in [0.2, 0.25) is 0 Å². The number of carbonyl (C=O) groups excluding carboxylic acids is 2. The summed E-state index contributed by atoms with van der Waals surface area (Å²) < 4.78 is 11.2. The Labute approximate surface area is 147 Å². The molecule has 2 heterocycles. The van der Waals surface area contributed by atoms with Crippen LogP contribution in [-0.2, 0) is 9.53 Å². The summed E-state index contributed by atoms with van der Waals surface area (Å²) in [4.78, 5) is 26.9. The molecule has 6 heteroatoms. The van der Waals surface area contributed by atoms with Crippen LogP contribution in [0.25, 0.3) is 0 Å². The first-order valence-electron chi connectivity index (χ1n) is 9.27. The van der Waals surface area contributed by atoms with Crippen molar-refractivity contribution in [3.63, 3.8) is 0 Å². The van der Waals surface area contributed by atoms with Crippen molar-refractivity contribution in [3.8, 4) is 0 Å². The van der Waals surface area contributed by atoms with Crippen molar-refractivity contribution in [2.75, 3.05) is 26.2 Å². The monoisotopic (exact) mass is 346 g/mol. The molecule has 0 radical (unpaired) electrons. The van der Waals surface area contributed by atoms with E-state index in [1.54, 1.807) is 0 Å². The van der Waals surface area contributed by atoms with Crippen molar-refractivity contribution in [3.05, 3.63) is 23.2 Å². The van der Waals surface area contributed by atoms with Crippen LogP contribution < -0.4 is 5.32 Å². The van der Waals surface area contributed by atoms with E-state index in [0.717, 1.165) is 36.0 Å². The molecule has 0 aromatic carbocycles. The van der Waals surface area contributed by atoms with Gasteiger partial charge in [0.1, 0.15) is 5.76 Å². The normalized spacial score (nSPS) is 30.9. The minimum atomic E-state index is -0.228. The molecule has 25 heavy (non-hydrogen) atoms. The summed E-state index contributed by atoms with van der Waals surface area (Å²) in [5.41, 5.74) is 0.830. The highest BCUT2D eigenvalue weighted by molar-refractivity contribution is 5.92. The molecule has 2 aliphatic carbocycles. The zero-order valence-corrected chi connectivity index (χ0v) is 14.9. The molecule has 2 saturated carbocycles. The largest absolute Gasteiger partial charge is 0.456 e.